The predicted octanol–water partition coefficient (Wildman–Crippen LogP) is 4.09. The quantitative estimate of drug-likeness (QED) is 0.262. The third-order valence-corrected chi connectivity index (χ3v) is 7.22. The number of carbonyl (C=O) groups is 1. The van der Waals surface area contributed by atoms with E-state index in [2.05, 4.69) is 11.6 Å². The van der Waals surface area contributed by atoms with Crippen molar-refractivity contribution in [1.29, 1.82) is 0 Å². The van der Waals surface area contributed by atoms with E-state index >= 15 is 0 Å². The molecule has 1 atom stereocenters. The normalized spacial score (nSPS) is 15.4. The van der Waals surface area contributed by atoms with Crippen LogP contribution in [0, 0.1) is 0 Å². The van der Waals surface area contributed by atoms with Gasteiger partial charge in [0.15, 0.2) is 4.80 Å². The maximum Gasteiger partial charge on any atom is 0.338 e. The summed E-state index contributed by atoms with van der Waals surface area (Å²) < 4.78 is 13.0. The fourth-order valence-electron chi connectivity index (χ4n) is 3.87. The van der Waals surface area contributed by atoms with Crippen LogP contribution in [0.2, 0.25) is 0 Å². The zero-order valence-electron chi connectivity index (χ0n) is 19.8. The Kier molecular flexibility index (Phi) is 7.73. The molecule has 0 spiro atoms. The van der Waals surface area contributed by atoms with Crippen LogP contribution in [0.25, 0.3) is 6.08 Å². The van der Waals surface area contributed by atoms with Gasteiger partial charge in [-0.15, -0.1) is 11.8 Å². The summed E-state index contributed by atoms with van der Waals surface area (Å²) >= 11 is 2.93. The first kappa shape index (κ1) is 24.8. The molecule has 3 aromatic rings. The minimum Gasteiger partial charge on any atom is -0.494 e. The van der Waals surface area contributed by atoms with E-state index in [4.69, 9.17) is 9.47 Å². The standard InChI is InChI=1S/C27H26N2O4S2/c1-5-15-33-26(31)23-17(3)28-27-29(24(23)19-9-13-21(34-4)14-10-19)25(30)22(35-27)16-18-7-11-20(12-8-18)32-6-2/h5,7-14,16,24H,1,6,15H2,2-4H3. The lowest BCUT2D eigenvalue weighted by Gasteiger charge is -2.24. The number of allylic oxidation sites excluding steroid dienone is 1. The number of thiazole rings is 1. The maximum atomic E-state index is 13.6. The van der Waals surface area contributed by atoms with E-state index in [0.717, 1.165) is 21.8 Å². The molecule has 2 aromatic carbocycles. The van der Waals surface area contributed by atoms with Crippen molar-refractivity contribution >= 4 is 35.1 Å². The SMILES string of the molecule is C=CCOC(=O)C1=C(C)N=c2sc(=Cc3ccc(OCC)cc3)c(=O)n2C1c1ccc(SC)cc1. The van der Waals surface area contributed by atoms with Crippen molar-refractivity contribution in [2.45, 2.75) is 24.8 Å². The summed E-state index contributed by atoms with van der Waals surface area (Å²) in [6.07, 6.45) is 5.35. The molecule has 1 unspecified atom stereocenters. The van der Waals surface area contributed by atoms with Gasteiger partial charge in [-0.1, -0.05) is 48.3 Å². The summed E-state index contributed by atoms with van der Waals surface area (Å²) in [7, 11) is 0. The molecule has 1 aliphatic rings. The molecule has 0 saturated carbocycles. The van der Waals surface area contributed by atoms with E-state index < -0.39 is 12.0 Å². The highest BCUT2D eigenvalue weighted by atomic mass is 32.2. The molecule has 1 aromatic heterocycles. The summed E-state index contributed by atoms with van der Waals surface area (Å²) in [6, 6.07) is 14.8. The van der Waals surface area contributed by atoms with Gasteiger partial charge in [-0.25, -0.2) is 9.79 Å². The second-order valence-electron chi connectivity index (χ2n) is 7.74. The molecule has 0 aliphatic carbocycles. The van der Waals surface area contributed by atoms with Crippen LogP contribution in [0.15, 0.2) is 87.1 Å². The minimum absolute atomic E-state index is 0.0793. The highest BCUT2D eigenvalue weighted by Crippen LogP contribution is 2.31. The minimum atomic E-state index is -0.637. The average molecular weight is 507 g/mol. The fraction of sp³-hybridized carbons (Fsp3) is 0.222. The van der Waals surface area contributed by atoms with E-state index in [1.54, 1.807) is 23.3 Å². The molecule has 0 N–H and O–H groups in total. The number of thioether (sulfide) groups is 1. The molecule has 8 heteroatoms. The monoisotopic (exact) mass is 506 g/mol. The summed E-state index contributed by atoms with van der Waals surface area (Å²) in [4.78, 5) is 33.0. The maximum absolute atomic E-state index is 13.6. The predicted molar refractivity (Wildman–Crippen MR) is 141 cm³/mol. The lowest BCUT2D eigenvalue weighted by molar-refractivity contribution is -0.138. The van der Waals surface area contributed by atoms with Gasteiger partial charge in [0.25, 0.3) is 5.56 Å². The van der Waals surface area contributed by atoms with Crippen LogP contribution in [0.4, 0.5) is 0 Å². The first-order valence-electron chi connectivity index (χ1n) is 11.1. The van der Waals surface area contributed by atoms with Crippen LogP contribution in [-0.4, -0.2) is 30.0 Å². The van der Waals surface area contributed by atoms with Crippen molar-refractivity contribution < 1.29 is 14.3 Å². The fourth-order valence-corrected chi connectivity index (χ4v) is 5.33. The third-order valence-electron chi connectivity index (χ3n) is 5.49. The molecule has 180 valence electrons. The van der Waals surface area contributed by atoms with E-state index in [-0.39, 0.29) is 12.2 Å². The first-order chi connectivity index (χ1) is 17.0. The van der Waals surface area contributed by atoms with Gasteiger partial charge in [0.1, 0.15) is 12.4 Å². The Morgan fingerprint density at radius 2 is 1.91 bits per heavy atom. The second kappa shape index (κ2) is 10.9. The largest absolute Gasteiger partial charge is 0.494 e. The lowest BCUT2D eigenvalue weighted by Crippen LogP contribution is -2.39. The van der Waals surface area contributed by atoms with Crippen LogP contribution in [-0.2, 0) is 9.53 Å². The zero-order chi connectivity index (χ0) is 24.9. The molecular weight excluding hydrogens is 480 g/mol. The van der Waals surface area contributed by atoms with E-state index in [9.17, 15) is 9.59 Å². The molecule has 0 fully saturated rings. The van der Waals surface area contributed by atoms with Crippen molar-refractivity contribution in [1.82, 2.24) is 4.57 Å². The molecule has 1 aliphatic heterocycles. The number of rotatable bonds is 8. The number of esters is 1. The molecule has 4 rings (SSSR count). The van der Waals surface area contributed by atoms with Crippen molar-refractivity contribution in [3.63, 3.8) is 0 Å². The molecule has 6 nitrogen and oxygen atoms in total. The summed E-state index contributed by atoms with van der Waals surface area (Å²) in [5.41, 5.74) is 2.37. The Morgan fingerprint density at radius 3 is 2.54 bits per heavy atom. The third kappa shape index (κ3) is 5.18. The van der Waals surface area contributed by atoms with Crippen LogP contribution >= 0.6 is 23.1 Å². The number of carbonyl (C=O) groups excluding carboxylic acids is 1. The van der Waals surface area contributed by atoms with Crippen LogP contribution < -0.4 is 19.6 Å². The Labute approximate surface area is 211 Å². The van der Waals surface area contributed by atoms with Crippen LogP contribution in [0.5, 0.6) is 5.75 Å². The average Bonchev–Trinajstić information content (AvgIpc) is 3.17. The second-order valence-corrected chi connectivity index (χ2v) is 9.63. The Bertz CT molecular complexity index is 1450. The number of fused-ring (bicyclic) bond motifs is 1. The molecule has 0 amide bonds. The first-order valence-corrected chi connectivity index (χ1v) is 13.2. The lowest BCUT2D eigenvalue weighted by atomic mass is 9.96. The van der Waals surface area contributed by atoms with Crippen molar-refractivity contribution in [2.75, 3.05) is 19.5 Å². The van der Waals surface area contributed by atoms with E-state index in [1.807, 2.05) is 67.8 Å². The Balaban J connectivity index is 1.86. The molecular formula is C27H26N2O4S2. The Hall–Kier alpha value is -3.36. The molecule has 0 bridgehead atoms. The van der Waals surface area contributed by atoms with Gasteiger partial charge in [0, 0.05) is 4.90 Å². The summed E-state index contributed by atoms with van der Waals surface area (Å²) in [5, 5.41) is 0. The van der Waals surface area contributed by atoms with Gasteiger partial charge in [-0.2, -0.15) is 0 Å². The number of benzene rings is 2. The topological polar surface area (TPSA) is 69.9 Å². The van der Waals surface area contributed by atoms with E-state index in [1.165, 1.54) is 17.4 Å². The summed E-state index contributed by atoms with van der Waals surface area (Å²) in [5.74, 6) is 0.268. The van der Waals surface area contributed by atoms with Gasteiger partial charge < -0.3 is 9.47 Å². The molecule has 2 heterocycles. The van der Waals surface area contributed by atoms with Crippen molar-refractivity contribution in [3.8, 4) is 5.75 Å². The van der Waals surface area contributed by atoms with Gasteiger partial charge in [-0.05, 0) is 61.6 Å². The summed E-state index contributed by atoms with van der Waals surface area (Å²) in [6.45, 7) is 8.00. The zero-order valence-corrected chi connectivity index (χ0v) is 21.4. The van der Waals surface area contributed by atoms with E-state index in [0.29, 0.717) is 27.2 Å². The van der Waals surface area contributed by atoms with Crippen molar-refractivity contribution in [2.24, 2.45) is 4.99 Å². The van der Waals surface area contributed by atoms with Gasteiger partial charge in [0.2, 0.25) is 0 Å². The van der Waals surface area contributed by atoms with Crippen LogP contribution in [0.3, 0.4) is 0 Å². The highest BCUT2D eigenvalue weighted by Gasteiger charge is 2.33. The number of hydrogen-bond donors (Lipinski definition) is 0. The number of aromatic nitrogens is 1. The number of hydrogen-bond acceptors (Lipinski definition) is 7. The number of nitrogens with zero attached hydrogens (tertiary/aromatic N) is 2. The number of ether oxygens (including phenoxy) is 2. The molecule has 0 radical (unpaired) electrons. The van der Waals surface area contributed by atoms with Gasteiger partial charge in [0.05, 0.1) is 28.5 Å². The Morgan fingerprint density at radius 1 is 1.20 bits per heavy atom. The highest BCUT2D eigenvalue weighted by molar-refractivity contribution is 7.98. The van der Waals surface area contributed by atoms with Gasteiger partial charge in [-0.3, -0.25) is 9.36 Å². The van der Waals surface area contributed by atoms with Crippen LogP contribution in [0.1, 0.15) is 31.0 Å². The molecule has 0 saturated heterocycles. The van der Waals surface area contributed by atoms with Crippen molar-refractivity contribution in [3.05, 3.63) is 103 Å². The van der Waals surface area contributed by atoms with Gasteiger partial charge >= 0.3 is 5.97 Å². The molecule has 35 heavy (non-hydrogen) atoms. The smallest absolute Gasteiger partial charge is 0.338 e.